The minimum absolute atomic E-state index is 0.523. The van der Waals surface area contributed by atoms with Crippen molar-refractivity contribution >= 4 is 0 Å². The lowest BCUT2D eigenvalue weighted by molar-refractivity contribution is 0.0766. The van der Waals surface area contributed by atoms with Gasteiger partial charge in [0.25, 0.3) is 0 Å². The zero-order chi connectivity index (χ0) is 8.10. The predicted octanol–water partition coefficient (Wildman–Crippen LogP) is 1.51. The molecule has 0 aromatic heterocycles. The fraction of sp³-hybridized carbons (Fsp3) is 1.00. The predicted molar refractivity (Wildman–Crippen MR) is 46.8 cm³/mol. The number of ether oxygens (including phenoxy) is 1. The molecule has 2 nitrogen and oxygen atoms in total. The smallest absolute Gasteiger partial charge is 0.0702 e. The van der Waals surface area contributed by atoms with Crippen LogP contribution in [0.4, 0.5) is 0 Å². The largest absolute Gasteiger partial charge is 0.377 e. The number of hydrogen-bond acceptors (Lipinski definition) is 2. The Morgan fingerprint density at radius 3 is 2.55 bits per heavy atom. The maximum absolute atomic E-state index is 5.55. The number of hydrogen-bond donors (Lipinski definition) is 0. The molecule has 0 radical (unpaired) electrons. The molecule has 0 aromatic carbocycles. The van der Waals surface area contributed by atoms with Gasteiger partial charge in [0.2, 0.25) is 0 Å². The van der Waals surface area contributed by atoms with Crippen molar-refractivity contribution in [1.29, 1.82) is 0 Å². The van der Waals surface area contributed by atoms with Crippen molar-refractivity contribution < 1.29 is 4.74 Å². The number of likely N-dealkylation sites (N-methyl/N-ethyl adjacent to an activating group) is 1. The summed E-state index contributed by atoms with van der Waals surface area (Å²) < 4.78 is 5.55. The van der Waals surface area contributed by atoms with Gasteiger partial charge in [0, 0.05) is 13.2 Å². The van der Waals surface area contributed by atoms with Crippen LogP contribution >= 0.6 is 0 Å². The lowest BCUT2D eigenvalue weighted by atomic mass is 10.2. The summed E-state index contributed by atoms with van der Waals surface area (Å²) in [7, 11) is 0. The summed E-state index contributed by atoms with van der Waals surface area (Å²) in [5.74, 6) is 0. The second-order valence-electron chi connectivity index (χ2n) is 3.12. The van der Waals surface area contributed by atoms with Gasteiger partial charge in [0.15, 0.2) is 0 Å². The van der Waals surface area contributed by atoms with Crippen molar-refractivity contribution in [1.82, 2.24) is 4.90 Å². The maximum Gasteiger partial charge on any atom is 0.0702 e. The van der Waals surface area contributed by atoms with Crippen molar-refractivity contribution in [3.05, 3.63) is 0 Å². The Hall–Kier alpha value is -0.0800. The molecule has 0 spiro atoms. The summed E-state index contributed by atoms with van der Waals surface area (Å²) in [5, 5.41) is 0. The lowest BCUT2D eigenvalue weighted by Gasteiger charge is -2.21. The molecule has 2 heteroatoms. The van der Waals surface area contributed by atoms with E-state index in [1.807, 2.05) is 0 Å². The SMILES string of the molecule is CCN(CC)CC1CCCO1. The minimum atomic E-state index is 0.523. The summed E-state index contributed by atoms with van der Waals surface area (Å²) >= 11 is 0. The van der Waals surface area contributed by atoms with Crippen molar-refractivity contribution in [2.45, 2.75) is 32.8 Å². The van der Waals surface area contributed by atoms with Gasteiger partial charge in [-0.3, -0.25) is 0 Å². The van der Waals surface area contributed by atoms with Gasteiger partial charge >= 0.3 is 0 Å². The van der Waals surface area contributed by atoms with Crippen LogP contribution in [0.15, 0.2) is 0 Å². The van der Waals surface area contributed by atoms with Crippen LogP contribution in [0.2, 0.25) is 0 Å². The monoisotopic (exact) mass is 157 g/mol. The summed E-state index contributed by atoms with van der Waals surface area (Å²) in [6.07, 6.45) is 3.04. The van der Waals surface area contributed by atoms with Crippen LogP contribution in [0.5, 0.6) is 0 Å². The average Bonchev–Trinajstić information content (AvgIpc) is 2.52. The molecule has 66 valence electrons. The Balaban J connectivity index is 2.16. The highest BCUT2D eigenvalue weighted by Crippen LogP contribution is 2.12. The zero-order valence-corrected chi connectivity index (χ0v) is 7.68. The molecule has 1 aliphatic heterocycles. The molecular weight excluding hydrogens is 138 g/mol. The summed E-state index contributed by atoms with van der Waals surface area (Å²) in [6, 6.07) is 0. The Bertz CT molecular complexity index is 95.7. The van der Waals surface area contributed by atoms with E-state index in [9.17, 15) is 0 Å². The van der Waals surface area contributed by atoms with E-state index in [0.717, 1.165) is 26.2 Å². The fourth-order valence-corrected chi connectivity index (χ4v) is 1.56. The second-order valence-corrected chi connectivity index (χ2v) is 3.12. The molecule has 11 heavy (non-hydrogen) atoms. The molecule has 1 rings (SSSR count). The van der Waals surface area contributed by atoms with Crippen LogP contribution in [-0.2, 0) is 4.74 Å². The van der Waals surface area contributed by atoms with Gasteiger partial charge in [-0.05, 0) is 25.9 Å². The molecule has 1 saturated heterocycles. The topological polar surface area (TPSA) is 12.5 Å². The molecule has 1 unspecified atom stereocenters. The van der Waals surface area contributed by atoms with E-state index in [1.165, 1.54) is 12.8 Å². The van der Waals surface area contributed by atoms with E-state index in [4.69, 9.17) is 4.74 Å². The molecule has 1 atom stereocenters. The summed E-state index contributed by atoms with van der Waals surface area (Å²) in [5.41, 5.74) is 0. The molecule has 0 amide bonds. The summed E-state index contributed by atoms with van der Waals surface area (Å²) in [4.78, 5) is 2.43. The maximum atomic E-state index is 5.55. The van der Waals surface area contributed by atoms with E-state index in [0.29, 0.717) is 6.10 Å². The van der Waals surface area contributed by atoms with Gasteiger partial charge in [0.05, 0.1) is 6.10 Å². The van der Waals surface area contributed by atoms with Crippen LogP contribution < -0.4 is 0 Å². The average molecular weight is 157 g/mol. The van der Waals surface area contributed by atoms with Gasteiger partial charge in [-0.2, -0.15) is 0 Å². The van der Waals surface area contributed by atoms with Gasteiger partial charge in [0.1, 0.15) is 0 Å². The van der Waals surface area contributed by atoms with Gasteiger partial charge < -0.3 is 9.64 Å². The van der Waals surface area contributed by atoms with E-state index >= 15 is 0 Å². The third-order valence-corrected chi connectivity index (χ3v) is 2.38. The van der Waals surface area contributed by atoms with Crippen LogP contribution in [0, 0.1) is 0 Å². The molecule has 0 N–H and O–H groups in total. The van der Waals surface area contributed by atoms with Crippen molar-refractivity contribution in [2.24, 2.45) is 0 Å². The molecule has 0 aliphatic carbocycles. The van der Waals surface area contributed by atoms with Crippen molar-refractivity contribution in [3.63, 3.8) is 0 Å². The number of rotatable bonds is 4. The van der Waals surface area contributed by atoms with Crippen LogP contribution in [0.25, 0.3) is 0 Å². The Morgan fingerprint density at radius 2 is 2.09 bits per heavy atom. The first-order valence-corrected chi connectivity index (χ1v) is 4.70. The second kappa shape index (κ2) is 4.73. The first kappa shape index (κ1) is 9.01. The van der Waals surface area contributed by atoms with Gasteiger partial charge in [-0.1, -0.05) is 13.8 Å². The van der Waals surface area contributed by atoms with E-state index in [-0.39, 0.29) is 0 Å². The van der Waals surface area contributed by atoms with E-state index in [1.54, 1.807) is 0 Å². The zero-order valence-electron chi connectivity index (χ0n) is 7.68. The molecule has 0 bridgehead atoms. The van der Waals surface area contributed by atoms with Crippen molar-refractivity contribution in [2.75, 3.05) is 26.2 Å². The highest BCUT2D eigenvalue weighted by atomic mass is 16.5. The Labute approximate surface area is 69.5 Å². The molecule has 0 saturated carbocycles. The quantitative estimate of drug-likeness (QED) is 0.613. The lowest BCUT2D eigenvalue weighted by Crippen LogP contribution is -2.31. The molecule has 0 aromatic rings. The fourth-order valence-electron chi connectivity index (χ4n) is 1.56. The van der Waals surface area contributed by atoms with E-state index in [2.05, 4.69) is 18.7 Å². The first-order valence-electron chi connectivity index (χ1n) is 4.70. The third-order valence-electron chi connectivity index (χ3n) is 2.38. The summed E-state index contributed by atoms with van der Waals surface area (Å²) in [6.45, 7) is 8.82. The molecular formula is C9H19NO. The number of nitrogens with zero attached hydrogens (tertiary/aromatic N) is 1. The molecule has 1 fully saturated rings. The first-order chi connectivity index (χ1) is 5.36. The Morgan fingerprint density at radius 1 is 1.36 bits per heavy atom. The Kier molecular flexibility index (Phi) is 3.87. The third kappa shape index (κ3) is 2.80. The van der Waals surface area contributed by atoms with E-state index < -0.39 is 0 Å². The van der Waals surface area contributed by atoms with Crippen molar-refractivity contribution in [3.8, 4) is 0 Å². The molecule has 1 heterocycles. The van der Waals surface area contributed by atoms with Crippen LogP contribution in [0.3, 0.4) is 0 Å². The molecule has 1 aliphatic rings. The standard InChI is InChI=1S/C9H19NO/c1-3-10(4-2)8-9-6-5-7-11-9/h9H,3-8H2,1-2H3. The van der Waals surface area contributed by atoms with Gasteiger partial charge in [-0.15, -0.1) is 0 Å². The van der Waals surface area contributed by atoms with Crippen LogP contribution in [0.1, 0.15) is 26.7 Å². The highest BCUT2D eigenvalue weighted by Gasteiger charge is 2.17. The normalized spacial score (nSPS) is 24.8. The highest BCUT2D eigenvalue weighted by molar-refractivity contribution is 4.68. The minimum Gasteiger partial charge on any atom is -0.377 e. The van der Waals surface area contributed by atoms with Gasteiger partial charge in [-0.25, -0.2) is 0 Å². The van der Waals surface area contributed by atoms with Crippen LogP contribution in [-0.4, -0.2) is 37.2 Å².